The van der Waals surface area contributed by atoms with Gasteiger partial charge in [-0.2, -0.15) is 0 Å². The number of rotatable bonds is 4. The van der Waals surface area contributed by atoms with E-state index in [1.807, 2.05) is 30.3 Å². The van der Waals surface area contributed by atoms with Crippen molar-refractivity contribution in [3.05, 3.63) is 65.2 Å². The summed E-state index contributed by atoms with van der Waals surface area (Å²) in [5.74, 6) is 1.96. The molecule has 140 valence electrons. The first kappa shape index (κ1) is 17.5. The van der Waals surface area contributed by atoms with Crippen LogP contribution in [-0.2, 0) is 4.74 Å². The van der Waals surface area contributed by atoms with Crippen molar-refractivity contribution in [2.75, 3.05) is 26.6 Å². The van der Waals surface area contributed by atoms with E-state index in [2.05, 4.69) is 23.5 Å². The summed E-state index contributed by atoms with van der Waals surface area (Å²) in [6.07, 6.45) is 5.52. The standard InChI is InChI=1S/C22H23NO4/c1-25-15-11-18-16-5-4-6-17(16)20(23-21(18)19(12-15)26-2)13-7-9-14(10-8-13)22(24)27-3/h4-5,7-12,16-17,20,23H,6H2,1-3H3/t16-,17-,20-/m0/s1. The number of benzene rings is 2. The summed E-state index contributed by atoms with van der Waals surface area (Å²) in [4.78, 5) is 11.7. The average Bonchev–Trinajstić information content (AvgIpc) is 3.22. The van der Waals surface area contributed by atoms with E-state index in [-0.39, 0.29) is 12.0 Å². The van der Waals surface area contributed by atoms with Gasteiger partial charge in [0, 0.05) is 12.0 Å². The average molecular weight is 365 g/mol. The molecule has 0 bridgehead atoms. The molecule has 2 aliphatic rings. The van der Waals surface area contributed by atoms with Crippen molar-refractivity contribution in [1.29, 1.82) is 0 Å². The van der Waals surface area contributed by atoms with Gasteiger partial charge >= 0.3 is 5.97 Å². The summed E-state index contributed by atoms with van der Waals surface area (Å²) in [6, 6.07) is 11.8. The van der Waals surface area contributed by atoms with E-state index < -0.39 is 0 Å². The maximum Gasteiger partial charge on any atom is 0.337 e. The maximum absolute atomic E-state index is 11.7. The summed E-state index contributed by atoms with van der Waals surface area (Å²) >= 11 is 0. The van der Waals surface area contributed by atoms with Crippen molar-refractivity contribution in [3.63, 3.8) is 0 Å². The van der Waals surface area contributed by atoms with Gasteiger partial charge in [-0.15, -0.1) is 0 Å². The molecular formula is C22H23NO4. The molecule has 0 saturated heterocycles. The second-order valence-corrected chi connectivity index (χ2v) is 6.88. The number of allylic oxidation sites excluding steroid dienone is 2. The first-order valence-electron chi connectivity index (χ1n) is 9.03. The van der Waals surface area contributed by atoms with Crippen LogP contribution in [0.25, 0.3) is 0 Å². The third kappa shape index (κ3) is 2.93. The minimum absolute atomic E-state index is 0.131. The first-order valence-corrected chi connectivity index (χ1v) is 9.03. The minimum Gasteiger partial charge on any atom is -0.497 e. The molecule has 4 rings (SSSR count). The van der Waals surface area contributed by atoms with Crippen LogP contribution in [0.3, 0.4) is 0 Å². The molecule has 1 heterocycles. The van der Waals surface area contributed by atoms with Crippen molar-refractivity contribution >= 4 is 11.7 Å². The second-order valence-electron chi connectivity index (χ2n) is 6.88. The number of hydrogen-bond donors (Lipinski definition) is 1. The highest BCUT2D eigenvalue weighted by Crippen LogP contribution is 2.53. The molecule has 0 fully saturated rings. The maximum atomic E-state index is 11.7. The van der Waals surface area contributed by atoms with E-state index in [0.29, 0.717) is 17.4 Å². The van der Waals surface area contributed by atoms with Crippen LogP contribution in [0.15, 0.2) is 48.6 Å². The highest BCUT2D eigenvalue weighted by atomic mass is 16.5. The Kier molecular flexibility index (Phi) is 4.52. The largest absolute Gasteiger partial charge is 0.497 e. The van der Waals surface area contributed by atoms with E-state index >= 15 is 0 Å². The van der Waals surface area contributed by atoms with Crippen molar-refractivity contribution < 1.29 is 19.0 Å². The van der Waals surface area contributed by atoms with Crippen LogP contribution < -0.4 is 14.8 Å². The molecular weight excluding hydrogens is 342 g/mol. The van der Waals surface area contributed by atoms with Gasteiger partial charge in [0.15, 0.2) is 0 Å². The summed E-state index contributed by atoms with van der Waals surface area (Å²) in [6.45, 7) is 0. The zero-order chi connectivity index (χ0) is 19.0. The van der Waals surface area contributed by atoms with E-state index in [4.69, 9.17) is 14.2 Å². The van der Waals surface area contributed by atoms with Crippen LogP contribution in [0, 0.1) is 5.92 Å². The molecule has 1 N–H and O–H groups in total. The molecule has 5 heteroatoms. The predicted octanol–water partition coefficient (Wildman–Crippen LogP) is 4.32. The summed E-state index contributed by atoms with van der Waals surface area (Å²) in [5, 5.41) is 3.68. The van der Waals surface area contributed by atoms with Gasteiger partial charge in [-0.25, -0.2) is 4.79 Å². The molecule has 1 aliphatic heterocycles. The lowest BCUT2D eigenvalue weighted by Gasteiger charge is -2.38. The van der Waals surface area contributed by atoms with E-state index in [0.717, 1.165) is 29.2 Å². The van der Waals surface area contributed by atoms with Crippen molar-refractivity contribution in [2.45, 2.75) is 18.4 Å². The zero-order valence-electron chi connectivity index (χ0n) is 15.7. The fraction of sp³-hybridized carbons (Fsp3) is 0.318. The SMILES string of the molecule is COC(=O)c1ccc([C@@H]2Nc3c(OC)cc(OC)cc3[C@H]3C=CC[C@@H]32)cc1. The van der Waals surface area contributed by atoms with Gasteiger partial charge in [0.1, 0.15) is 11.5 Å². The molecule has 2 aromatic carbocycles. The van der Waals surface area contributed by atoms with Gasteiger partial charge in [-0.1, -0.05) is 24.3 Å². The van der Waals surface area contributed by atoms with Crippen LogP contribution in [0.1, 0.15) is 39.9 Å². The van der Waals surface area contributed by atoms with Crippen LogP contribution in [0.4, 0.5) is 5.69 Å². The molecule has 1 aliphatic carbocycles. The Labute approximate surface area is 158 Å². The topological polar surface area (TPSA) is 56.8 Å². The lowest BCUT2D eigenvalue weighted by molar-refractivity contribution is 0.0600. The molecule has 0 unspecified atom stereocenters. The minimum atomic E-state index is -0.322. The Morgan fingerprint density at radius 3 is 2.52 bits per heavy atom. The second kappa shape index (κ2) is 6.99. The Morgan fingerprint density at radius 1 is 1.07 bits per heavy atom. The normalized spacial score (nSPS) is 22.4. The van der Waals surface area contributed by atoms with Gasteiger partial charge in [0.2, 0.25) is 0 Å². The number of esters is 1. The van der Waals surface area contributed by atoms with E-state index in [9.17, 15) is 4.79 Å². The molecule has 0 saturated carbocycles. The number of hydrogen-bond acceptors (Lipinski definition) is 5. The summed E-state index contributed by atoms with van der Waals surface area (Å²) < 4.78 is 15.9. The molecule has 0 radical (unpaired) electrons. The number of methoxy groups -OCH3 is 3. The van der Waals surface area contributed by atoms with Gasteiger partial charge in [-0.05, 0) is 41.7 Å². The van der Waals surface area contributed by atoms with Crippen LogP contribution in [-0.4, -0.2) is 27.3 Å². The third-order valence-corrected chi connectivity index (χ3v) is 5.55. The number of carbonyl (C=O) groups excluding carboxylic acids is 1. The molecule has 0 amide bonds. The predicted molar refractivity (Wildman–Crippen MR) is 104 cm³/mol. The van der Waals surface area contributed by atoms with E-state index in [1.165, 1.54) is 12.7 Å². The Balaban J connectivity index is 1.74. The highest BCUT2D eigenvalue weighted by Gasteiger charge is 2.39. The zero-order valence-corrected chi connectivity index (χ0v) is 15.7. The number of carbonyl (C=O) groups is 1. The van der Waals surface area contributed by atoms with Crippen LogP contribution in [0.5, 0.6) is 11.5 Å². The smallest absolute Gasteiger partial charge is 0.337 e. The highest BCUT2D eigenvalue weighted by molar-refractivity contribution is 5.89. The van der Waals surface area contributed by atoms with Crippen molar-refractivity contribution in [1.82, 2.24) is 0 Å². The van der Waals surface area contributed by atoms with Gasteiger partial charge in [-0.3, -0.25) is 0 Å². The molecule has 0 spiro atoms. The monoisotopic (exact) mass is 365 g/mol. The Morgan fingerprint density at radius 2 is 1.85 bits per heavy atom. The number of ether oxygens (including phenoxy) is 3. The fourth-order valence-electron chi connectivity index (χ4n) is 4.19. The lowest BCUT2D eigenvalue weighted by Crippen LogP contribution is -2.29. The fourth-order valence-corrected chi connectivity index (χ4v) is 4.19. The van der Waals surface area contributed by atoms with Crippen molar-refractivity contribution in [2.24, 2.45) is 5.92 Å². The van der Waals surface area contributed by atoms with Gasteiger partial charge in [0.05, 0.1) is 38.6 Å². The Hall–Kier alpha value is -2.95. The van der Waals surface area contributed by atoms with Gasteiger partial charge in [0.25, 0.3) is 0 Å². The molecule has 5 nitrogen and oxygen atoms in total. The molecule has 0 aromatic heterocycles. The third-order valence-electron chi connectivity index (χ3n) is 5.55. The summed E-state index contributed by atoms with van der Waals surface area (Å²) in [5.41, 5.74) is 3.91. The number of anilines is 1. The molecule has 27 heavy (non-hydrogen) atoms. The quantitative estimate of drug-likeness (QED) is 0.646. The summed E-state index contributed by atoms with van der Waals surface area (Å²) in [7, 11) is 4.74. The first-order chi connectivity index (χ1) is 13.2. The molecule has 2 aromatic rings. The van der Waals surface area contributed by atoms with E-state index in [1.54, 1.807) is 14.2 Å². The van der Waals surface area contributed by atoms with Crippen LogP contribution >= 0.6 is 0 Å². The number of nitrogens with one attached hydrogen (secondary N) is 1. The molecule has 3 atom stereocenters. The lowest BCUT2D eigenvalue weighted by atomic mass is 9.76. The van der Waals surface area contributed by atoms with Gasteiger partial charge < -0.3 is 19.5 Å². The Bertz CT molecular complexity index is 888. The van der Waals surface area contributed by atoms with Crippen LogP contribution in [0.2, 0.25) is 0 Å². The van der Waals surface area contributed by atoms with Crippen molar-refractivity contribution in [3.8, 4) is 11.5 Å². The number of fused-ring (bicyclic) bond motifs is 3.